The molecule has 23 heavy (non-hydrogen) atoms. The standard InChI is InChI=1S/C18H24BrNO3/c1-13(2)23-16(21)8-11-20-17(22)18(9-3-4-10-18)14-6-5-7-15(19)12-14/h5-7,12-13H,3-4,8-11H2,1-2H3,(H,20,22). The van der Waals surface area contributed by atoms with E-state index in [2.05, 4.69) is 21.2 Å². The summed E-state index contributed by atoms with van der Waals surface area (Å²) in [4.78, 5) is 24.4. The van der Waals surface area contributed by atoms with Crippen molar-refractivity contribution >= 4 is 27.8 Å². The van der Waals surface area contributed by atoms with Crippen LogP contribution in [0.2, 0.25) is 0 Å². The fourth-order valence-corrected chi connectivity index (χ4v) is 3.58. The molecular weight excluding hydrogens is 358 g/mol. The normalized spacial score (nSPS) is 16.3. The zero-order valence-electron chi connectivity index (χ0n) is 13.7. The summed E-state index contributed by atoms with van der Waals surface area (Å²) < 4.78 is 6.07. The Morgan fingerprint density at radius 1 is 1.30 bits per heavy atom. The minimum absolute atomic E-state index is 0.0189. The fourth-order valence-electron chi connectivity index (χ4n) is 3.18. The van der Waals surface area contributed by atoms with E-state index in [0.717, 1.165) is 35.7 Å². The summed E-state index contributed by atoms with van der Waals surface area (Å²) in [6.45, 7) is 3.95. The molecule has 0 aliphatic heterocycles. The van der Waals surface area contributed by atoms with Gasteiger partial charge in [-0.05, 0) is 44.4 Å². The van der Waals surface area contributed by atoms with Crippen molar-refractivity contribution in [3.63, 3.8) is 0 Å². The third kappa shape index (κ3) is 4.56. The predicted molar refractivity (Wildman–Crippen MR) is 93.1 cm³/mol. The van der Waals surface area contributed by atoms with E-state index in [1.807, 2.05) is 38.1 Å². The van der Waals surface area contributed by atoms with Crippen molar-refractivity contribution in [2.75, 3.05) is 6.54 Å². The number of esters is 1. The molecule has 1 saturated carbocycles. The van der Waals surface area contributed by atoms with E-state index < -0.39 is 5.41 Å². The van der Waals surface area contributed by atoms with Gasteiger partial charge in [0.1, 0.15) is 0 Å². The molecule has 1 amide bonds. The van der Waals surface area contributed by atoms with Crippen LogP contribution in [0.5, 0.6) is 0 Å². The van der Waals surface area contributed by atoms with E-state index in [1.165, 1.54) is 0 Å². The van der Waals surface area contributed by atoms with Crippen LogP contribution >= 0.6 is 15.9 Å². The van der Waals surface area contributed by atoms with Gasteiger partial charge in [-0.15, -0.1) is 0 Å². The first-order valence-corrected chi connectivity index (χ1v) is 8.97. The number of hydrogen-bond acceptors (Lipinski definition) is 3. The Labute approximate surface area is 146 Å². The van der Waals surface area contributed by atoms with Gasteiger partial charge in [0.25, 0.3) is 0 Å². The molecule has 126 valence electrons. The highest BCUT2D eigenvalue weighted by Crippen LogP contribution is 2.42. The minimum Gasteiger partial charge on any atom is -0.463 e. The smallest absolute Gasteiger partial charge is 0.307 e. The summed E-state index contributed by atoms with van der Waals surface area (Å²) in [5.41, 5.74) is 0.581. The van der Waals surface area contributed by atoms with Crippen LogP contribution in [0.4, 0.5) is 0 Å². The van der Waals surface area contributed by atoms with Crippen LogP contribution in [0.1, 0.15) is 51.5 Å². The zero-order valence-corrected chi connectivity index (χ0v) is 15.3. The van der Waals surface area contributed by atoms with Gasteiger partial charge in [0.05, 0.1) is 17.9 Å². The largest absolute Gasteiger partial charge is 0.463 e. The second kappa shape index (κ2) is 7.95. The average molecular weight is 382 g/mol. The molecule has 0 bridgehead atoms. The molecule has 0 radical (unpaired) electrons. The van der Waals surface area contributed by atoms with Crippen LogP contribution in [0.3, 0.4) is 0 Å². The Kier molecular flexibility index (Phi) is 6.22. The number of halogens is 1. The van der Waals surface area contributed by atoms with Crippen molar-refractivity contribution in [2.45, 2.75) is 57.5 Å². The SMILES string of the molecule is CC(C)OC(=O)CCNC(=O)C1(c2cccc(Br)c2)CCCC1. The van der Waals surface area contributed by atoms with E-state index in [1.54, 1.807) is 0 Å². The van der Waals surface area contributed by atoms with Crippen LogP contribution in [-0.4, -0.2) is 24.5 Å². The first kappa shape index (κ1) is 18.0. The maximum atomic E-state index is 12.8. The molecule has 0 spiro atoms. The van der Waals surface area contributed by atoms with Crippen LogP contribution in [-0.2, 0) is 19.7 Å². The average Bonchev–Trinajstić information content (AvgIpc) is 2.97. The molecule has 1 N–H and O–H groups in total. The zero-order chi connectivity index (χ0) is 16.9. The molecule has 0 saturated heterocycles. The molecule has 1 fully saturated rings. The number of amides is 1. The molecule has 1 aliphatic rings. The lowest BCUT2D eigenvalue weighted by Gasteiger charge is -2.28. The van der Waals surface area contributed by atoms with Gasteiger partial charge in [0, 0.05) is 11.0 Å². The quantitative estimate of drug-likeness (QED) is 0.763. The van der Waals surface area contributed by atoms with Crippen LogP contribution in [0.15, 0.2) is 28.7 Å². The Morgan fingerprint density at radius 2 is 2.00 bits per heavy atom. The Bertz CT molecular complexity index is 565. The van der Waals surface area contributed by atoms with Gasteiger partial charge in [-0.2, -0.15) is 0 Å². The predicted octanol–water partition coefficient (Wildman–Crippen LogP) is 3.72. The maximum Gasteiger partial charge on any atom is 0.307 e. The number of benzene rings is 1. The highest BCUT2D eigenvalue weighted by molar-refractivity contribution is 9.10. The first-order valence-electron chi connectivity index (χ1n) is 8.18. The van der Waals surface area contributed by atoms with E-state index in [9.17, 15) is 9.59 Å². The summed E-state index contributed by atoms with van der Waals surface area (Å²) in [5.74, 6) is -0.256. The third-order valence-electron chi connectivity index (χ3n) is 4.25. The van der Waals surface area contributed by atoms with Crippen molar-refractivity contribution in [3.8, 4) is 0 Å². The minimum atomic E-state index is -0.467. The van der Waals surface area contributed by atoms with E-state index >= 15 is 0 Å². The van der Waals surface area contributed by atoms with Crippen molar-refractivity contribution < 1.29 is 14.3 Å². The molecule has 1 aliphatic carbocycles. The second-order valence-corrected chi connectivity index (χ2v) is 7.26. The topological polar surface area (TPSA) is 55.4 Å². The first-order chi connectivity index (χ1) is 10.9. The Morgan fingerprint density at radius 3 is 2.61 bits per heavy atom. The monoisotopic (exact) mass is 381 g/mol. The highest BCUT2D eigenvalue weighted by atomic mass is 79.9. The van der Waals surface area contributed by atoms with Crippen molar-refractivity contribution in [2.24, 2.45) is 0 Å². The lowest BCUT2D eigenvalue weighted by atomic mass is 9.78. The third-order valence-corrected chi connectivity index (χ3v) is 4.74. The summed E-state index contributed by atoms with van der Waals surface area (Å²) in [6.07, 6.45) is 3.89. The van der Waals surface area contributed by atoms with Gasteiger partial charge < -0.3 is 10.1 Å². The molecule has 0 heterocycles. The number of ether oxygens (including phenoxy) is 1. The number of carbonyl (C=O) groups excluding carboxylic acids is 2. The molecule has 0 unspecified atom stereocenters. The van der Waals surface area contributed by atoms with Gasteiger partial charge >= 0.3 is 5.97 Å². The Balaban J connectivity index is 2.01. The van der Waals surface area contributed by atoms with Gasteiger partial charge in [-0.3, -0.25) is 9.59 Å². The summed E-state index contributed by atoms with van der Waals surface area (Å²) in [5, 5.41) is 2.93. The van der Waals surface area contributed by atoms with Crippen molar-refractivity contribution in [1.82, 2.24) is 5.32 Å². The van der Waals surface area contributed by atoms with E-state index in [4.69, 9.17) is 4.74 Å². The number of nitrogens with one attached hydrogen (secondary N) is 1. The van der Waals surface area contributed by atoms with Crippen LogP contribution in [0, 0.1) is 0 Å². The molecule has 1 aromatic rings. The van der Waals surface area contributed by atoms with Gasteiger partial charge in [-0.25, -0.2) is 0 Å². The number of rotatable bonds is 6. The van der Waals surface area contributed by atoms with Gasteiger partial charge in [-0.1, -0.05) is 40.9 Å². The van der Waals surface area contributed by atoms with Crippen molar-refractivity contribution in [3.05, 3.63) is 34.3 Å². The van der Waals surface area contributed by atoms with Gasteiger partial charge in [0.2, 0.25) is 5.91 Å². The molecule has 4 nitrogen and oxygen atoms in total. The molecule has 2 rings (SSSR count). The highest BCUT2D eigenvalue weighted by Gasteiger charge is 2.42. The molecule has 0 aromatic heterocycles. The van der Waals surface area contributed by atoms with Gasteiger partial charge in [0.15, 0.2) is 0 Å². The fraction of sp³-hybridized carbons (Fsp3) is 0.556. The molecule has 5 heteroatoms. The number of carbonyl (C=O) groups is 2. The summed E-state index contributed by atoms with van der Waals surface area (Å²) in [7, 11) is 0. The van der Waals surface area contributed by atoms with Crippen LogP contribution in [0.25, 0.3) is 0 Å². The van der Waals surface area contributed by atoms with E-state index in [0.29, 0.717) is 6.54 Å². The second-order valence-electron chi connectivity index (χ2n) is 6.34. The van der Waals surface area contributed by atoms with Crippen LogP contribution < -0.4 is 5.32 Å². The summed E-state index contributed by atoms with van der Waals surface area (Å²) >= 11 is 3.48. The summed E-state index contributed by atoms with van der Waals surface area (Å²) in [6, 6.07) is 7.97. The lowest BCUT2D eigenvalue weighted by molar-refractivity contribution is -0.147. The number of hydrogen-bond donors (Lipinski definition) is 1. The van der Waals surface area contributed by atoms with Crippen molar-refractivity contribution in [1.29, 1.82) is 0 Å². The lowest BCUT2D eigenvalue weighted by Crippen LogP contribution is -2.43. The molecule has 0 atom stereocenters. The Hall–Kier alpha value is -1.36. The molecule has 1 aromatic carbocycles. The maximum absolute atomic E-state index is 12.8. The van der Waals surface area contributed by atoms with E-state index in [-0.39, 0.29) is 24.4 Å². The molecular formula is C18H24BrNO3.